The first kappa shape index (κ1) is 24.6. The first-order valence-corrected chi connectivity index (χ1v) is 12.4. The van der Waals surface area contributed by atoms with Crippen molar-refractivity contribution in [3.8, 4) is 0 Å². The highest BCUT2D eigenvalue weighted by Gasteiger charge is 2.44. The molecule has 1 N–H and O–H groups in total. The van der Waals surface area contributed by atoms with Gasteiger partial charge in [-0.15, -0.1) is 0 Å². The van der Waals surface area contributed by atoms with Gasteiger partial charge in [-0.05, 0) is 41.5 Å². The van der Waals surface area contributed by atoms with Crippen molar-refractivity contribution in [2.24, 2.45) is 0 Å². The van der Waals surface area contributed by atoms with E-state index in [1.807, 2.05) is 34.6 Å². The van der Waals surface area contributed by atoms with Crippen LogP contribution < -0.4 is 4.89 Å². The Morgan fingerprint density at radius 3 is 2.39 bits per heavy atom. The minimum absolute atomic E-state index is 0.00507. The number of aliphatic hydroxyl groups excluding tert-OH is 1. The summed E-state index contributed by atoms with van der Waals surface area (Å²) in [5.41, 5.74) is 0. The maximum atomic E-state index is 12.7. The lowest BCUT2D eigenvalue weighted by Gasteiger charge is -2.34. The highest BCUT2D eigenvalue weighted by molar-refractivity contribution is 8.06. The molecule has 0 amide bonds. The Morgan fingerprint density at radius 2 is 1.79 bits per heavy atom. The molecule has 0 bridgehead atoms. The van der Waals surface area contributed by atoms with E-state index in [0.717, 1.165) is 6.42 Å². The minimum Gasteiger partial charge on any atom is -0.780 e. The number of rotatable bonds is 10. The van der Waals surface area contributed by atoms with Gasteiger partial charge in [-0.25, -0.2) is 0 Å². The molecule has 2 aliphatic heterocycles. The number of ether oxygens (including phenoxy) is 4. The molecule has 8 nitrogen and oxygen atoms in total. The second-order valence-electron chi connectivity index (χ2n) is 8.01. The zero-order valence-electron chi connectivity index (χ0n) is 17.5. The smallest absolute Gasteiger partial charge is 0.121 e. The van der Waals surface area contributed by atoms with Crippen molar-refractivity contribution in [2.45, 2.75) is 103 Å². The monoisotopic (exact) mass is 441 g/mol. The highest BCUT2D eigenvalue weighted by Crippen LogP contribution is 2.44. The fraction of sp³-hybridized carbons (Fsp3) is 1.00. The lowest BCUT2D eigenvalue weighted by molar-refractivity contribution is -0.218. The molecule has 8 atom stereocenters. The van der Waals surface area contributed by atoms with Gasteiger partial charge in [0, 0.05) is 6.42 Å². The average Bonchev–Trinajstić information content (AvgIpc) is 3.04. The van der Waals surface area contributed by atoms with Crippen molar-refractivity contribution in [2.75, 3.05) is 13.2 Å². The summed E-state index contributed by atoms with van der Waals surface area (Å²) in [5.74, 6) is 0. The van der Waals surface area contributed by atoms with Gasteiger partial charge >= 0.3 is 0 Å². The van der Waals surface area contributed by atoms with E-state index in [2.05, 4.69) is 0 Å². The topological polar surface area (TPSA) is 98.7 Å². The second kappa shape index (κ2) is 10.6. The van der Waals surface area contributed by atoms with E-state index in [-0.39, 0.29) is 43.7 Å². The molecular formula is C18H34O8PS-. The predicted molar refractivity (Wildman–Crippen MR) is 106 cm³/mol. The van der Waals surface area contributed by atoms with Gasteiger partial charge < -0.3 is 38.0 Å². The van der Waals surface area contributed by atoms with Gasteiger partial charge in [-0.1, -0.05) is 11.8 Å². The Balaban J connectivity index is 1.93. The summed E-state index contributed by atoms with van der Waals surface area (Å²) in [4.78, 5) is 12.7. The molecule has 2 aliphatic rings. The first-order chi connectivity index (χ1) is 13.0. The zero-order chi connectivity index (χ0) is 21.1. The van der Waals surface area contributed by atoms with E-state index >= 15 is 0 Å². The quantitative estimate of drug-likeness (QED) is 0.506. The van der Waals surface area contributed by atoms with Crippen molar-refractivity contribution in [1.82, 2.24) is 0 Å². The van der Waals surface area contributed by atoms with Crippen LogP contribution in [-0.2, 0) is 39.8 Å². The third kappa shape index (κ3) is 7.23. The van der Waals surface area contributed by atoms with Gasteiger partial charge in [0.1, 0.15) is 31.1 Å². The molecule has 2 heterocycles. The molecule has 0 radical (unpaired) electrons. The third-order valence-corrected chi connectivity index (χ3v) is 6.19. The van der Waals surface area contributed by atoms with E-state index in [1.165, 1.54) is 0 Å². The molecule has 2 fully saturated rings. The van der Waals surface area contributed by atoms with Gasteiger partial charge in [-0.2, -0.15) is 0 Å². The molecule has 2 rings (SSSR count). The Hall–Kier alpha value is 0.330. The normalized spacial score (nSPS) is 38.4. The van der Waals surface area contributed by atoms with Crippen molar-refractivity contribution < 1.29 is 38.0 Å². The van der Waals surface area contributed by atoms with Crippen LogP contribution in [0.1, 0.15) is 48.0 Å². The lowest BCUT2D eigenvalue weighted by atomic mass is 10.1. The zero-order valence-corrected chi connectivity index (χ0v) is 19.2. The van der Waals surface area contributed by atoms with Gasteiger partial charge in [0.25, 0.3) is 0 Å². The second-order valence-corrected chi connectivity index (χ2v) is 10.7. The van der Waals surface area contributed by atoms with Crippen molar-refractivity contribution in [1.29, 1.82) is 0 Å². The molecule has 0 aliphatic carbocycles. The van der Waals surface area contributed by atoms with Crippen LogP contribution in [0, 0.1) is 0 Å². The molecule has 0 aromatic carbocycles. The van der Waals surface area contributed by atoms with Crippen LogP contribution in [0.25, 0.3) is 0 Å². The van der Waals surface area contributed by atoms with Crippen LogP contribution in [0.15, 0.2) is 0 Å². The molecule has 0 aromatic heterocycles. The largest absolute Gasteiger partial charge is 0.780 e. The van der Waals surface area contributed by atoms with Crippen molar-refractivity contribution in [3.63, 3.8) is 0 Å². The average molecular weight is 442 g/mol. The van der Waals surface area contributed by atoms with Crippen molar-refractivity contribution >= 4 is 18.5 Å². The van der Waals surface area contributed by atoms with Crippen LogP contribution in [0.4, 0.5) is 0 Å². The Labute approximate surface area is 173 Å². The van der Waals surface area contributed by atoms with Crippen LogP contribution >= 0.6 is 6.72 Å². The maximum absolute atomic E-state index is 12.7. The number of hydrogen-bond donors (Lipinski definition) is 1. The molecule has 3 unspecified atom stereocenters. The summed E-state index contributed by atoms with van der Waals surface area (Å²) < 4.78 is 33.8. The maximum Gasteiger partial charge on any atom is 0.121 e. The van der Waals surface area contributed by atoms with E-state index in [4.69, 9.17) is 39.8 Å². The molecule has 0 aromatic rings. The van der Waals surface area contributed by atoms with Gasteiger partial charge in [0.05, 0.1) is 43.7 Å². The van der Waals surface area contributed by atoms with Crippen LogP contribution in [0.2, 0.25) is 0 Å². The van der Waals surface area contributed by atoms with Crippen molar-refractivity contribution in [3.05, 3.63) is 0 Å². The minimum atomic E-state index is -3.87. The van der Waals surface area contributed by atoms with Gasteiger partial charge in [-0.3, -0.25) is 0 Å². The summed E-state index contributed by atoms with van der Waals surface area (Å²) in [6.45, 7) is 7.67. The highest BCUT2D eigenvalue weighted by atomic mass is 32.5. The molecule has 0 spiro atoms. The Kier molecular flexibility index (Phi) is 9.29. The summed E-state index contributed by atoms with van der Waals surface area (Å²) in [6, 6.07) is 0. The number of hydrogen-bond acceptors (Lipinski definition) is 9. The van der Waals surface area contributed by atoms with E-state index in [0.29, 0.717) is 0 Å². The first-order valence-electron chi connectivity index (χ1n) is 9.88. The Morgan fingerprint density at radius 1 is 1.11 bits per heavy atom. The molecule has 28 heavy (non-hydrogen) atoms. The van der Waals surface area contributed by atoms with Crippen LogP contribution in [0.3, 0.4) is 0 Å². The third-order valence-electron chi connectivity index (χ3n) is 4.65. The van der Waals surface area contributed by atoms with Gasteiger partial charge in [0.15, 0.2) is 0 Å². The van der Waals surface area contributed by atoms with Gasteiger partial charge in [0.2, 0.25) is 0 Å². The van der Waals surface area contributed by atoms with Crippen LogP contribution in [0.5, 0.6) is 0 Å². The molecule has 10 heteroatoms. The fourth-order valence-electron chi connectivity index (χ4n) is 3.38. The summed E-state index contributed by atoms with van der Waals surface area (Å²) >= 11 is 5.06. The summed E-state index contributed by atoms with van der Waals surface area (Å²) in [6.07, 6.45) is -2.66. The predicted octanol–water partition coefficient (Wildman–Crippen LogP) is 1.52. The molecule has 166 valence electrons. The fourth-order valence-corrected chi connectivity index (χ4v) is 4.81. The van der Waals surface area contributed by atoms with E-state index in [1.54, 1.807) is 6.92 Å². The SMILES string of the molecule is CC(C)OC[C@H]1O[C@@H](C)[C@@H](O)C1OP([O-])(=S)OC[C@H]1O[C@@H](C)CC1OC(C)C. The molecule has 2 saturated heterocycles. The Bertz CT molecular complexity index is 534. The summed E-state index contributed by atoms with van der Waals surface area (Å²) in [7, 11) is 0. The van der Waals surface area contributed by atoms with Crippen LogP contribution in [-0.4, -0.2) is 73.3 Å². The number of aliphatic hydroxyl groups is 1. The van der Waals surface area contributed by atoms with E-state index in [9.17, 15) is 10.00 Å². The summed E-state index contributed by atoms with van der Waals surface area (Å²) in [5, 5.41) is 10.3. The van der Waals surface area contributed by atoms with E-state index < -0.39 is 31.1 Å². The standard InChI is InChI=1S/C18H35O8PS/c1-10(2)21-8-16-18(17(19)13(6)25-16)26-27(20,28)22-9-15-14(23-11(3)4)7-12(5)24-15/h10-19H,7-9H2,1-6H3,(H,20,28)/p-1/t12-,13-,14?,15+,16+,17+,18?,27?/m0/s1. The molecule has 0 saturated carbocycles. The lowest BCUT2D eigenvalue weighted by Crippen LogP contribution is -2.38. The molecular weight excluding hydrogens is 407 g/mol.